The number of nitro benzene ring substituents is 1. The first-order valence-corrected chi connectivity index (χ1v) is 9.08. The molecule has 0 bridgehead atoms. The number of non-ortho nitro benzene ring substituents is 1. The second-order valence-corrected chi connectivity index (χ2v) is 7.06. The number of nitrogens with one attached hydrogen (secondary N) is 1. The molecule has 26 heavy (non-hydrogen) atoms. The van der Waals surface area contributed by atoms with Crippen LogP contribution in [-0.4, -0.2) is 17.0 Å². The molecule has 2 heterocycles. The smallest absolute Gasteiger partial charge is 0.270 e. The second kappa shape index (κ2) is 8.07. The minimum absolute atomic E-state index is 0.0116. The number of nitrogens with zero attached hydrogens (tertiary/aromatic N) is 2. The zero-order valence-electron chi connectivity index (χ0n) is 13.2. The van der Waals surface area contributed by atoms with Crippen molar-refractivity contribution < 1.29 is 14.1 Å². The first-order chi connectivity index (χ1) is 12.5. The zero-order valence-corrected chi connectivity index (χ0v) is 15.6. The molecule has 0 aliphatic carbocycles. The van der Waals surface area contributed by atoms with E-state index < -0.39 is 4.92 Å². The molecule has 0 atom stereocenters. The van der Waals surface area contributed by atoms with Crippen LogP contribution in [0.5, 0.6) is 0 Å². The molecule has 0 saturated heterocycles. The topological polar surface area (TPSA) is 97.7 Å². The summed E-state index contributed by atoms with van der Waals surface area (Å²) in [4.78, 5) is 23.0. The van der Waals surface area contributed by atoms with Crippen LogP contribution < -0.4 is 5.43 Å². The fourth-order valence-corrected chi connectivity index (χ4v) is 3.43. The molecule has 0 radical (unpaired) electrons. The van der Waals surface area contributed by atoms with Gasteiger partial charge in [0.1, 0.15) is 11.5 Å². The lowest BCUT2D eigenvalue weighted by molar-refractivity contribution is -0.384. The maximum atomic E-state index is 11.7. The number of hydrazone groups is 1. The minimum Gasteiger partial charge on any atom is -0.455 e. The van der Waals surface area contributed by atoms with Crippen molar-refractivity contribution in [3.63, 3.8) is 0 Å². The minimum atomic E-state index is -0.465. The normalized spacial score (nSPS) is 11.0. The Balaban J connectivity index is 1.64. The molecule has 0 spiro atoms. The molecule has 0 unspecified atom stereocenters. The van der Waals surface area contributed by atoms with Gasteiger partial charge < -0.3 is 4.42 Å². The third-order valence-electron chi connectivity index (χ3n) is 3.35. The molecule has 9 heteroatoms. The van der Waals surface area contributed by atoms with Gasteiger partial charge in [0.05, 0.1) is 17.6 Å². The number of amides is 1. The number of halogens is 1. The van der Waals surface area contributed by atoms with Crippen molar-refractivity contribution in [2.75, 3.05) is 0 Å². The number of hydrogen-bond donors (Lipinski definition) is 1. The highest BCUT2D eigenvalue weighted by atomic mass is 79.9. The first-order valence-electron chi connectivity index (χ1n) is 7.41. The summed E-state index contributed by atoms with van der Waals surface area (Å²) < 4.78 is 6.19. The van der Waals surface area contributed by atoms with E-state index in [0.29, 0.717) is 21.6 Å². The van der Waals surface area contributed by atoms with Crippen LogP contribution in [0.4, 0.5) is 5.69 Å². The van der Waals surface area contributed by atoms with Crippen molar-refractivity contribution in [3.05, 3.63) is 73.1 Å². The number of furan rings is 1. The standard InChI is InChI=1S/C17H12BrN3O4S/c18-15-8-11(21(23)24)3-5-14(15)16-6-4-12(25-16)10-19-20-17(22)9-13-2-1-7-26-13/h1-8,10H,9H2,(H,20,22). The molecule has 3 aromatic rings. The van der Waals surface area contributed by atoms with Crippen molar-refractivity contribution in [2.24, 2.45) is 5.10 Å². The molecule has 3 rings (SSSR count). The van der Waals surface area contributed by atoms with E-state index >= 15 is 0 Å². The predicted molar refractivity (Wildman–Crippen MR) is 102 cm³/mol. The second-order valence-electron chi connectivity index (χ2n) is 5.17. The van der Waals surface area contributed by atoms with Crippen LogP contribution in [0.15, 0.2) is 61.8 Å². The third-order valence-corrected chi connectivity index (χ3v) is 4.88. The van der Waals surface area contributed by atoms with Gasteiger partial charge in [-0.2, -0.15) is 5.10 Å². The molecule has 2 aromatic heterocycles. The number of hydrogen-bond acceptors (Lipinski definition) is 6. The molecular weight excluding hydrogens is 422 g/mol. The summed E-state index contributed by atoms with van der Waals surface area (Å²) in [7, 11) is 0. The van der Waals surface area contributed by atoms with Gasteiger partial charge in [-0.15, -0.1) is 11.3 Å². The van der Waals surface area contributed by atoms with Gasteiger partial charge in [-0.3, -0.25) is 14.9 Å². The third kappa shape index (κ3) is 4.44. The Morgan fingerprint density at radius 1 is 1.35 bits per heavy atom. The van der Waals surface area contributed by atoms with Crippen LogP contribution in [0.2, 0.25) is 0 Å². The summed E-state index contributed by atoms with van der Waals surface area (Å²) in [6, 6.07) is 11.6. The van der Waals surface area contributed by atoms with Crippen LogP contribution in [0.3, 0.4) is 0 Å². The lowest BCUT2D eigenvalue weighted by Gasteiger charge is -2.00. The fraction of sp³-hybridized carbons (Fsp3) is 0.0588. The highest BCUT2D eigenvalue weighted by Crippen LogP contribution is 2.32. The van der Waals surface area contributed by atoms with Gasteiger partial charge in [-0.05, 0) is 45.6 Å². The van der Waals surface area contributed by atoms with E-state index in [-0.39, 0.29) is 18.0 Å². The molecule has 132 valence electrons. The Morgan fingerprint density at radius 3 is 2.88 bits per heavy atom. The van der Waals surface area contributed by atoms with Gasteiger partial charge in [-0.25, -0.2) is 5.43 Å². The predicted octanol–water partition coefficient (Wildman–Crippen LogP) is 4.37. The fourth-order valence-electron chi connectivity index (χ4n) is 2.16. The Morgan fingerprint density at radius 2 is 2.19 bits per heavy atom. The van der Waals surface area contributed by atoms with Gasteiger partial charge in [0.2, 0.25) is 5.91 Å². The molecule has 0 aliphatic heterocycles. The summed E-state index contributed by atoms with van der Waals surface area (Å²) in [5.74, 6) is 0.758. The van der Waals surface area contributed by atoms with E-state index in [0.717, 1.165) is 4.88 Å². The Kier molecular flexibility index (Phi) is 5.59. The lowest BCUT2D eigenvalue weighted by atomic mass is 10.1. The molecule has 1 aromatic carbocycles. The highest BCUT2D eigenvalue weighted by molar-refractivity contribution is 9.10. The van der Waals surface area contributed by atoms with Crippen molar-refractivity contribution in [2.45, 2.75) is 6.42 Å². The van der Waals surface area contributed by atoms with E-state index in [1.807, 2.05) is 17.5 Å². The SMILES string of the molecule is O=C(Cc1cccs1)NN=Cc1ccc(-c2ccc([N+](=O)[O-])cc2Br)o1. The summed E-state index contributed by atoms with van der Waals surface area (Å²) in [6.07, 6.45) is 1.67. The summed E-state index contributed by atoms with van der Waals surface area (Å²) in [5, 5.41) is 16.6. The maximum Gasteiger partial charge on any atom is 0.270 e. The average Bonchev–Trinajstić information content (AvgIpc) is 3.26. The van der Waals surface area contributed by atoms with Gasteiger partial charge >= 0.3 is 0 Å². The van der Waals surface area contributed by atoms with Crippen molar-refractivity contribution >= 4 is 45.1 Å². The Labute approximate surface area is 160 Å². The van der Waals surface area contributed by atoms with Gasteiger partial charge in [0.25, 0.3) is 5.69 Å². The molecular formula is C17H12BrN3O4S. The molecule has 7 nitrogen and oxygen atoms in total. The van der Waals surface area contributed by atoms with E-state index in [2.05, 4.69) is 26.5 Å². The van der Waals surface area contributed by atoms with Gasteiger partial charge in [-0.1, -0.05) is 6.07 Å². The number of nitro groups is 1. The quantitative estimate of drug-likeness (QED) is 0.354. The number of carbonyl (C=O) groups excluding carboxylic acids is 1. The van der Waals surface area contributed by atoms with Gasteiger partial charge in [0.15, 0.2) is 0 Å². The average molecular weight is 434 g/mol. The van der Waals surface area contributed by atoms with Crippen LogP contribution in [0.25, 0.3) is 11.3 Å². The molecule has 0 fully saturated rings. The van der Waals surface area contributed by atoms with Gasteiger partial charge in [0, 0.05) is 27.0 Å². The number of benzene rings is 1. The lowest BCUT2D eigenvalue weighted by Crippen LogP contribution is -2.19. The number of rotatable bonds is 6. The molecule has 0 aliphatic rings. The summed E-state index contributed by atoms with van der Waals surface area (Å²) in [5.41, 5.74) is 3.11. The largest absolute Gasteiger partial charge is 0.455 e. The van der Waals surface area contributed by atoms with Crippen molar-refractivity contribution in [1.82, 2.24) is 5.43 Å². The van der Waals surface area contributed by atoms with Crippen LogP contribution >= 0.6 is 27.3 Å². The maximum absolute atomic E-state index is 11.7. The molecule has 1 amide bonds. The monoisotopic (exact) mass is 433 g/mol. The van der Waals surface area contributed by atoms with E-state index in [1.54, 1.807) is 18.2 Å². The number of carbonyl (C=O) groups is 1. The molecule has 0 saturated carbocycles. The molecule has 1 N–H and O–H groups in total. The Bertz CT molecular complexity index is 966. The van der Waals surface area contributed by atoms with Crippen LogP contribution in [0, 0.1) is 10.1 Å². The zero-order chi connectivity index (χ0) is 18.5. The first kappa shape index (κ1) is 18.0. The van der Waals surface area contributed by atoms with Crippen molar-refractivity contribution in [1.29, 1.82) is 0 Å². The van der Waals surface area contributed by atoms with Crippen LogP contribution in [-0.2, 0) is 11.2 Å². The summed E-state index contributed by atoms with van der Waals surface area (Å²) >= 11 is 4.82. The Hall–Kier alpha value is -2.78. The highest BCUT2D eigenvalue weighted by Gasteiger charge is 2.13. The van der Waals surface area contributed by atoms with E-state index in [4.69, 9.17) is 4.42 Å². The van der Waals surface area contributed by atoms with E-state index in [1.165, 1.54) is 29.7 Å². The van der Waals surface area contributed by atoms with Crippen molar-refractivity contribution in [3.8, 4) is 11.3 Å². The number of thiophene rings is 1. The summed E-state index contributed by atoms with van der Waals surface area (Å²) in [6.45, 7) is 0. The van der Waals surface area contributed by atoms with Crippen LogP contribution in [0.1, 0.15) is 10.6 Å². The van der Waals surface area contributed by atoms with E-state index in [9.17, 15) is 14.9 Å².